The fourth-order valence-corrected chi connectivity index (χ4v) is 3.28. The lowest BCUT2D eigenvalue weighted by atomic mass is 10.1. The van der Waals surface area contributed by atoms with E-state index in [1.807, 2.05) is 6.07 Å². The molecule has 7 heteroatoms. The molecular formula is C21H19ClN4O2. The molecule has 0 radical (unpaired) electrons. The zero-order valence-electron chi connectivity index (χ0n) is 15.4. The number of carbonyl (C=O) groups excluding carboxylic acids is 1. The van der Waals surface area contributed by atoms with Crippen molar-refractivity contribution in [2.24, 2.45) is 5.92 Å². The first-order valence-corrected chi connectivity index (χ1v) is 9.51. The molecule has 142 valence electrons. The van der Waals surface area contributed by atoms with Crippen molar-refractivity contribution < 1.29 is 4.79 Å². The summed E-state index contributed by atoms with van der Waals surface area (Å²) in [6, 6.07) is 12.4. The van der Waals surface area contributed by atoms with Gasteiger partial charge in [0.15, 0.2) is 5.78 Å². The van der Waals surface area contributed by atoms with Gasteiger partial charge in [-0.05, 0) is 56.0 Å². The largest absolute Gasteiger partial charge is 0.350 e. The lowest BCUT2D eigenvalue weighted by Gasteiger charge is -2.16. The molecule has 28 heavy (non-hydrogen) atoms. The zero-order chi connectivity index (χ0) is 19.7. The highest BCUT2D eigenvalue weighted by molar-refractivity contribution is 6.30. The molecule has 0 atom stereocenters. The standard InChI is InChI=1S/C21H19ClN4O2/c1-13(27)18-19(17-7-2-3-10-23-17)25-26(12-14-8-9-14)21(28)20(18)24-16-6-4-5-15(22)11-16/h2-7,10-11,14,24H,8-9,12H2,1H3. The Hall–Kier alpha value is -2.99. The van der Waals surface area contributed by atoms with Gasteiger partial charge in [0.1, 0.15) is 11.4 Å². The highest BCUT2D eigenvalue weighted by atomic mass is 35.5. The number of nitrogens with one attached hydrogen (secondary N) is 1. The number of ketones is 1. The monoisotopic (exact) mass is 394 g/mol. The van der Waals surface area contributed by atoms with Crippen molar-refractivity contribution in [1.29, 1.82) is 0 Å². The van der Waals surface area contributed by atoms with E-state index in [9.17, 15) is 9.59 Å². The summed E-state index contributed by atoms with van der Waals surface area (Å²) in [6.07, 6.45) is 3.80. The van der Waals surface area contributed by atoms with Gasteiger partial charge in [0, 0.05) is 23.5 Å². The summed E-state index contributed by atoms with van der Waals surface area (Å²) in [5.41, 5.74) is 1.69. The Balaban J connectivity index is 1.93. The van der Waals surface area contributed by atoms with Gasteiger partial charge in [0.25, 0.3) is 5.56 Å². The average Bonchev–Trinajstić information content (AvgIpc) is 3.49. The first kappa shape index (κ1) is 18.4. The third-order valence-corrected chi connectivity index (χ3v) is 4.87. The summed E-state index contributed by atoms with van der Waals surface area (Å²) in [6.45, 7) is 1.96. The molecule has 0 bridgehead atoms. The van der Waals surface area contributed by atoms with E-state index in [4.69, 9.17) is 11.6 Å². The molecule has 6 nitrogen and oxygen atoms in total. The van der Waals surface area contributed by atoms with E-state index in [1.165, 1.54) is 11.6 Å². The van der Waals surface area contributed by atoms with E-state index in [2.05, 4.69) is 15.4 Å². The molecular weight excluding hydrogens is 376 g/mol. The maximum atomic E-state index is 13.2. The van der Waals surface area contributed by atoms with Crippen molar-refractivity contribution in [1.82, 2.24) is 14.8 Å². The lowest BCUT2D eigenvalue weighted by molar-refractivity contribution is 0.101. The van der Waals surface area contributed by atoms with Crippen LogP contribution in [0.25, 0.3) is 11.4 Å². The van der Waals surface area contributed by atoms with Gasteiger partial charge in [0.2, 0.25) is 0 Å². The molecule has 2 aromatic heterocycles. The minimum absolute atomic E-state index is 0.200. The molecule has 0 saturated heterocycles. The predicted molar refractivity (Wildman–Crippen MR) is 109 cm³/mol. The smallest absolute Gasteiger partial charge is 0.291 e. The van der Waals surface area contributed by atoms with Crippen LogP contribution in [0.2, 0.25) is 5.02 Å². The summed E-state index contributed by atoms with van der Waals surface area (Å²) in [5.74, 6) is 0.192. The summed E-state index contributed by atoms with van der Waals surface area (Å²) in [4.78, 5) is 30.0. The molecule has 0 unspecified atom stereocenters. The second kappa shape index (κ2) is 7.56. The van der Waals surface area contributed by atoms with Crippen LogP contribution in [0.4, 0.5) is 11.4 Å². The van der Waals surface area contributed by atoms with Crippen LogP contribution >= 0.6 is 11.6 Å². The van der Waals surface area contributed by atoms with Crippen LogP contribution in [-0.2, 0) is 6.54 Å². The molecule has 1 aliphatic carbocycles. The molecule has 1 N–H and O–H groups in total. The number of rotatable bonds is 6. The van der Waals surface area contributed by atoms with Crippen LogP contribution in [-0.4, -0.2) is 20.5 Å². The zero-order valence-corrected chi connectivity index (χ0v) is 16.1. The van der Waals surface area contributed by atoms with E-state index in [-0.39, 0.29) is 22.6 Å². The van der Waals surface area contributed by atoms with Gasteiger partial charge >= 0.3 is 0 Å². The maximum absolute atomic E-state index is 13.2. The number of hydrogen-bond acceptors (Lipinski definition) is 5. The fourth-order valence-electron chi connectivity index (χ4n) is 3.09. The minimum atomic E-state index is -0.322. The molecule has 2 heterocycles. The molecule has 1 aromatic carbocycles. The van der Waals surface area contributed by atoms with Gasteiger partial charge < -0.3 is 5.32 Å². The summed E-state index contributed by atoms with van der Waals surface area (Å²) in [5, 5.41) is 8.15. The van der Waals surface area contributed by atoms with Crippen LogP contribution < -0.4 is 10.9 Å². The van der Waals surface area contributed by atoms with Gasteiger partial charge in [-0.3, -0.25) is 14.6 Å². The molecule has 1 saturated carbocycles. The highest BCUT2D eigenvalue weighted by Crippen LogP contribution is 2.31. The molecule has 1 fully saturated rings. The number of Topliss-reactive ketones (excluding diaryl/α,β-unsaturated/α-hetero) is 1. The van der Waals surface area contributed by atoms with Crippen molar-refractivity contribution in [3.8, 4) is 11.4 Å². The first-order chi connectivity index (χ1) is 13.5. The predicted octanol–water partition coefficient (Wildman–Crippen LogP) is 4.31. The number of nitrogens with zero attached hydrogens (tertiary/aromatic N) is 3. The van der Waals surface area contributed by atoms with Crippen LogP contribution in [0.5, 0.6) is 0 Å². The topological polar surface area (TPSA) is 76.9 Å². The molecule has 1 aliphatic rings. The van der Waals surface area contributed by atoms with Crippen LogP contribution in [0.15, 0.2) is 53.5 Å². The Morgan fingerprint density at radius 2 is 2.07 bits per heavy atom. The van der Waals surface area contributed by atoms with Gasteiger partial charge in [0.05, 0.1) is 11.3 Å². The van der Waals surface area contributed by atoms with Crippen molar-refractivity contribution in [2.45, 2.75) is 26.3 Å². The summed E-state index contributed by atoms with van der Waals surface area (Å²) < 4.78 is 1.45. The normalized spacial score (nSPS) is 13.4. The SMILES string of the molecule is CC(=O)c1c(-c2ccccn2)nn(CC2CC2)c(=O)c1Nc1cccc(Cl)c1. The number of anilines is 2. The molecule has 0 amide bonds. The van der Waals surface area contributed by atoms with E-state index >= 15 is 0 Å². The third kappa shape index (κ3) is 3.82. The first-order valence-electron chi connectivity index (χ1n) is 9.13. The summed E-state index contributed by atoms with van der Waals surface area (Å²) >= 11 is 6.08. The third-order valence-electron chi connectivity index (χ3n) is 4.64. The second-order valence-electron chi connectivity index (χ2n) is 6.94. The van der Waals surface area contributed by atoms with E-state index in [1.54, 1.807) is 42.6 Å². The van der Waals surface area contributed by atoms with Gasteiger partial charge in [-0.15, -0.1) is 0 Å². The van der Waals surface area contributed by atoms with Crippen molar-refractivity contribution in [2.75, 3.05) is 5.32 Å². The number of aromatic nitrogens is 3. The Labute approximate surface area is 167 Å². The van der Waals surface area contributed by atoms with Crippen molar-refractivity contribution >= 4 is 28.8 Å². The lowest BCUT2D eigenvalue weighted by Crippen LogP contribution is -2.29. The molecule has 0 spiro atoms. The van der Waals surface area contributed by atoms with Crippen LogP contribution in [0.3, 0.4) is 0 Å². The Bertz CT molecular complexity index is 1090. The van der Waals surface area contributed by atoms with Gasteiger partial charge in [-0.25, -0.2) is 4.68 Å². The van der Waals surface area contributed by atoms with Gasteiger partial charge in [-0.2, -0.15) is 5.10 Å². The quantitative estimate of drug-likeness (QED) is 0.630. The Morgan fingerprint density at radius 3 is 2.71 bits per heavy atom. The molecule has 0 aliphatic heterocycles. The fraction of sp³-hybridized carbons (Fsp3) is 0.238. The molecule has 4 rings (SSSR count). The highest BCUT2D eigenvalue weighted by Gasteiger charge is 2.27. The minimum Gasteiger partial charge on any atom is -0.350 e. The second-order valence-corrected chi connectivity index (χ2v) is 7.37. The van der Waals surface area contributed by atoms with Crippen molar-refractivity contribution in [3.05, 3.63) is 69.6 Å². The molecule has 3 aromatic rings. The van der Waals surface area contributed by atoms with Crippen LogP contribution in [0.1, 0.15) is 30.1 Å². The van der Waals surface area contributed by atoms with Gasteiger partial charge in [-0.1, -0.05) is 23.7 Å². The summed E-state index contributed by atoms with van der Waals surface area (Å²) in [7, 11) is 0. The number of benzene rings is 1. The number of hydrogen-bond donors (Lipinski definition) is 1. The van der Waals surface area contributed by atoms with E-state index in [0.717, 1.165) is 12.8 Å². The average molecular weight is 395 g/mol. The maximum Gasteiger partial charge on any atom is 0.291 e. The van der Waals surface area contributed by atoms with Crippen LogP contribution in [0, 0.1) is 5.92 Å². The number of carbonyl (C=O) groups is 1. The number of pyridine rings is 1. The Morgan fingerprint density at radius 1 is 1.25 bits per heavy atom. The number of halogens is 1. The van der Waals surface area contributed by atoms with E-state index in [0.29, 0.717) is 34.6 Å². The van der Waals surface area contributed by atoms with E-state index < -0.39 is 0 Å². The Kier molecular flexibility index (Phi) is 4.96. The van der Waals surface area contributed by atoms with Crippen molar-refractivity contribution in [3.63, 3.8) is 0 Å².